The zero-order valence-corrected chi connectivity index (χ0v) is 23.1. The van der Waals surface area contributed by atoms with E-state index in [0.29, 0.717) is 37.0 Å². The smallest absolute Gasteiger partial charge is 0.165 e. The van der Waals surface area contributed by atoms with Crippen LogP contribution >= 0.6 is 0 Å². The van der Waals surface area contributed by atoms with E-state index in [1.54, 1.807) is 25.3 Å². The van der Waals surface area contributed by atoms with Crippen LogP contribution in [0.1, 0.15) is 60.3 Å². The standard InChI is InChI=1S/C33H41FN2O3/c1-38-29-11-12-30(27-8-7-26-22-28(37)10-9-25(26)21-27)32(23-29)35-15-14-24-6-13-33(31(34)20-24)39-19-18-36-16-4-2-3-5-17-36/h6,9-13,20,22-23,27,35,37H,2-5,7-8,14-19,21H2,1H3. The Balaban J connectivity index is 1.17. The van der Waals surface area contributed by atoms with Crippen molar-refractivity contribution in [1.82, 2.24) is 4.90 Å². The zero-order valence-electron chi connectivity index (χ0n) is 23.1. The van der Waals surface area contributed by atoms with Gasteiger partial charge in [-0.1, -0.05) is 31.0 Å². The fourth-order valence-electron chi connectivity index (χ4n) is 5.98. The average Bonchev–Trinajstić information content (AvgIpc) is 3.23. The number of phenols is 1. The molecule has 1 heterocycles. The van der Waals surface area contributed by atoms with Crippen LogP contribution in [0.5, 0.6) is 17.2 Å². The molecule has 0 aromatic heterocycles. The Kier molecular flexibility index (Phi) is 9.25. The van der Waals surface area contributed by atoms with Gasteiger partial charge in [0.15, 0.2) is 11.6 Å². The molecule has 6 heteroatoms. The van der Waals surface area contributed by atoms with Gasteiger partial charge < -0.3 is 19.9 Å². The van der Waals surface area contributed by atoms with Crippen molar-refractivity contribution in [3.63, 3.8) is 0 Å². The molecule has 1 aliphatic carbocycles. The lowest BCUT2D eigenvalue weighted by Crippen LogP contribution is -2.29. The first kappa shape index (κ1) is 27.3. The summed E-state index contributed by atoms with van der Waals surface area (Å²) in [5.74, 6) is 1.58. The number of halogens is 1. The molecule has 208 valence electrons. The highest BCUT2D eigenvalue weighted by Crippen LogP contribution is 2.38. The molecule has 0 radical (unpaired) electrons. The number of hydrogen-bond donors (Lipinski definition) is 2. The number of rotatable bonds is 10. The molecular formula is C33H41FN2O3. The first-order valence-corrected chi connectivity index (χ1v) is 14.4. The van der Waals surface area contributed by atoms with E-state index in [9.17, 15) is 9.50 Å². The van der Waals surface area contributed by atoms with Crippen LogP contribution in [0.15, 0.2) is 54.6 Å². The van der Waals surface area contributed by atoms with E-state index >= 15 is 0 Å². The molecule has 0 amide bonds. The monoisotopic (exact) mass is 532 g/mol. The van der Waals surface area contributed by atoms with Gasteiger partial charge in [0.05, 0.1) is 7.11 Å². The number of nitrogens with one attached hydrogen (secondary N) is 1. The summed E-state index contributed by atoms with van der Waals surface area (Å²) in [6.45, 7) is 4.29. The third kappa shape index (κ3) is 7.24. The number of aryl methyl sites for hydroxylation is 1. The Morgan fingerprint density at radius 1 is 0.974 bits per heavy atom. The lowest BCUT2D eigenvalue weighted by molar-refractivity contribution is 0.209. The summed E-state index contributed by atoms with van der Waals surface area (Å²) in [4.78, 5) is 2.43. The highest BCUT2D eigenvalue weighted by atomic mass is 19.1. The summed E-state index contributed by atoms with van der Waals surface area (Å²) >= 11 is 0. The van der Waals surface area contributed by atoms with Crippen molar-refractivity contribution in [2.75, 3.05) is 45.2 Å². The number of methoxy groups -OCH3 is 1. The molecule has 3 aromatic rings. The maximum absolute atomic E-state index is 14.8. The fourth-order valence-corrected chi connectivity index (χ4v) is 5.98. The number of anilines is 1. The molecule has 3 aromatic carbocycles. The quantitative estimate of drug-likeness (QED) is 0.304. The van der Waals surface area contributed by atoms with E-state index in [1.165, 1.54) is 42.4 Å². The van der Waals surface area contributed by atoms with Crippen molar-refractivity contribution in [2.45, 2.75) is 57.3 Å². The Hall–Kier alpha value is -3.25. The minimum absolute atomic E-state index is 0.294. The number of nitrogens with zero attached hydrogens (tertiary/aromatic N) is 1. The summed E-state index contributed by atoms with van der Waals surface area (Å²) in [6, 6.07) is 17.3. The summed E-state index contributed by atoms with van der Waals surface area (Å²) < 4.78 is 26.1. The molecule has 0 saturated carbocycles. The Morgan fingerprint density at radius 3 is 2.62 bits per heavy atom. The normalized spacial score (nSPS) is 17.7. The summed E-state index contributed by atoms with van der Waals surface area (Å²) in [5.41, 5.74) is 5.82. The largest absolute Gasteiger partial charge is 0.508 e. The average molecular weight is 533 g/mol. The van der Waals surface area contributed by atoms with Gasteiger partial charge >= 0.3 is 0 Å². The van der Waals surface area contributed by atoms with Crippen LogP contribution in [-0.4, -0.2) is 49.9 Å². The predicted molar refractivity (Wildman–Crippen MR) is 155 cm³/mol. The molecule has 2 N–H and O–H groups in total. The number of ether oxygens (including phenoxy) is 2. The topological polar surface area (TPSA) is 54.0 Å². The molecular weight excluding hydrogens is 491 g/mol. The summed E-state index contributed by atoms with van der Waals surface area (Å²) in [7, 11) is 1.68. The molecule has 5 nitrogen and oxygen atoms in total. The van der Waals surface area contributed by atoms with E-state index in [1.807, 2.05) is 24.3 Å². The molecule has 1 saturated heterocycles. The third-order valence-electron chi connectivity index (χ3n) is 8.21. The van der Waals surface area contributed by atoms with Gasteiger partial charge in [0.25, 0.3) is 0 Å². The van der Waals surface area contributed by atoms with Crippen LogP contribution in [-0.2, 0) is 19.3 Å². The highest BCUT2D eigenvalue weighted by Gasteiger charge is 2.23. The molecule has 39 heavy (non-hydrogen) atoms. The van der Waals surface area contributed by atoms with Gasteiger partial charge in [0.2, 0.25) is 0 Å². The van der Waals surface area contributed by atoms with Gasteiger partial charge in [-0.3, -0.25) is 4.90 Å². The minimum Gasteiger partial charge on any atom is -0.508 e. The number of phenolic OH excluding ortho intramolecular Hbond substituents is 1. The number of likely N-dealkylation sites (tertiary alicyclic amines) is 1. The molecule has 1 unspecified atom stereocenters. The molecule has 0 bridgehead atoms. The van der Waals surface area contributed by atoms with Crippen molar-refractivity contribution in [3.05, 3.63) is 82.7 Å². The van der Waals surface area contributed by atoms with Crippen molar-refractivity contribution in [3.8, 4) is 17.2 Å². The van der Waals surface area contributed by atoms with Crippen molar-refractivity contribution >= 4 is 5.69 Å². The van der Waals surface area contributed by atoms with Crippen molar-refractivity contribution < 1.29 is 19.0 Å². The van der Waals surface area contributed by atoms with E-state index < -0.39 is 0 Å². The van der Waals surface area contributed by atoms with E-state index in [4.69, 9.17) is 9.47 Å². The second-order valence-electron chi connectivity index (χ2n) is 10.9. The number of aromatic hydroxyl groups is 1. The van der Waals surface area contributed by atoms with Crippen LogP contribution in [0.2, 0.25) is 0 Å². The number of benzene rings is 3. The van der Waals surface area contributed by atoms with Crippen LogP contribution in [0.25, 0.3) is 0 Å². The molecule has 0 spiro atoms. The maximum atomic E-state index is 14.8. The van der Waals surface area contributed by atoms with Gasteiger partial charge in [-0.15, -0.1) is 0 Å². The van der Waals surface area contributed by atoms with Gasteiger partial charge in [-0.05, 0) is 110 Å². The van der Waals surface area contributed by atoms with Crippen molar-refractivity contribution in [1.29, 1.82) is 0 Å². The van der Waals surface area contributed by atoms with Crippen LogP contribution in [0, 0.1) is 5.82 Å². The zero-order chi connectivity index (χ0) is 27.0. The highest BCUT2D eigenvalue weighted by molar-refractivity contribution is 5.58. The SMILES string of the molecule is COc1ccc(C2CCc3cc(O)ccc3C2)c(NCCc2ccc(OCCN3CCCCCC3)c(F)c2)c1. The van der Waals surface area contributed by atoms with Gasteiger partial charge in [-0.25, -0.2) is 4.39 Å². The minimum atomic E-state index is -0.294. The molecule has 1 fully saturated rings. The summed E-state index contributed by atoms with van der Waals surface area (Å²) in [5, 5.41) is 13.4. The number of hydrogen-bond acceptors (Lipinski definition) is 5. The maximum Gasteiger partial charge on any atom is 0.165 e. The molecule has 2 aliphatic rings. The predicted octanol–water partition coefficient (Wildman–Crippen LogP) is 6.72. The Morgan fingerprint density at radius 2 is 1.82 bits per heavy atom. The van der Waals surface area contributed by atoms with E-state index in [-0.39, 0.29) is 5.82 Å². The molecule has 1 aliphatic heterocycles. The first-order valence-electron chi connectivity index (χ1n) is 14.4. The Labute approximate surface area is 232 Å². The van der Waals surface area contributed by atoms with Crippen molar-refractivity contribution in [2.24, 2.45) is 0 Å². The van der Waals surface area contributed by atoms with Crippen LogP contribution in [0.4, 0.5) is 10.1 Å². The van der Waals surface area contributed by atoms with Gasteiger partial charge in [0, 0.05) is 24.8 Å². The number of fused-ring (bicyclic) bond motifs is 1. The van der Waals surface area contributed by atoms with Crippen LogP contribution < -0.4 is 14.8 Å². The second kappa shape index (κ2) is 13.2. The lowest BCUT2D eigenvalue weighted by atomic mass is 9.79. The molecule has 1 atom stereocenters. The van der Waals surface area contributed by atoms with Gasteiger partial charge in [0.1, 0.15) is 18.1 Å². The first-order chi connectivity index (χ1) is 19.1. The van der Waals surface area contributed by atoms with E-state index in [0.717, 1.165) is 55.9 Å². The second-order valence-corrected chi connectivity index (χ2v) is 10.9. The third-order valence-corrected chi connectivity index (χ3v) is 8.21. The summed E-state index contributed by atoms with van der Waals surface area (Å²) in [6.07, 6.45) is 8.73. The Bertz CT molecular complexity index is 1240. The van der Waals surface area contributed by atoms with Gasteiger partial charge in [-0.2, -0.15) is 0 Å². The van der Waals surface area contributed by atoms with E-state index in [2.05, 4.69) is 22.3 Å². The molecule has 5 rings (SSSR count). The fraction of sp³-hybridized carbons (Fsp3) is 0.455. The lowest BCUT2D eigenvalue weighted by Gasteiger charge is -2.27. The van der Waals surface area contributed by atoms with Crippen LogP contribution in [0.3, 0.4) is 0 Å².